The van der Waals surface area contributed by atoms with E-state index in [0.717, 1.165) is 12.0 Å². The Morgan fingerprint density at radius 1 is 1.39 bits per heavy atom. The fourth-order valence-corrected chi connectivity index (χ4v) is 2.53. The molecule has 2 aliphatic rings. The van der Waals surface area contributed by atoms with Crippen molar-refractivity contribution >= 4 is 17.6 Å². The molecule has 1 aromatic heterocycles. The number of aryl methyl sites for hydroxylation is 1. The fourth-order valence-electron chi connectivity index (χ4n) is 2.53. The molecule has 3 rings (SSSR count). The molecule has 0 bridgehead atoms. The Morgan fingerprint density at radius 3 is 2.96 bits per heavy atom. The summed E-state index contributed by atoms with van der Waals surface area (Å²) < 4.78 is 0. The summed E-state index contributed by atoms with van der Waals surface area (Å²) in [7, 11) is 0. The molecule has 0 unspecified atom stereocenters. The first kappa shape index (κ1) is 15.2. The molecule has 0 fully saturated rings. The molecular formula is C16H17N5O2. The molecule has 0 saturated carbocycles. The molecule has 0 aliphatic carbocycles. The van der Waals surface area contributed by atoms with Crippen LogP contribution in [0.15, 0.2) is 22.5 Å². The number of hydrogen-bond donors (Lipinski definition) is 2. The highest BCUT2D eigenvalue weighted by atomic mass is 16.2. The number of terminal acetylenes is 1. The van der Waals surface area contributed by atoms with Gasteiger partial charge in [-0.05, 0) is 18.1 Å². The quantitative estimate of drug-likeness (QED) is 0.782. The Morgan fingerprint density at radius 2 is 2.22 bits per heavy atom. The summed E-state index contributed by atoms with van der Waals surface area (Å²) >= 11 is 0. The van der Waals surface area contributed by atoms with Crippen molar-refractivity contribution in [2.45, 2.75) is 37.8 Å². The number of hydrogen-bond acceptors (Lipinski definition) is 5. The number of rotatable bonds is 6. The lowest BCUT2D eigenvalue weighted by molar-refractivity contribution is -0.116. The largest absolute Gasteiger partial charge is 0.352 e. The Labute approximate surface area is 134 Å². The van der Waals surface area contributed by atoms with Gasteiger partial charge in [-0.1, -0.05) is 0 Å². The second kappa shape index (κ2) is 6.16. The minimum atomic E-state index is -0.391. The second-order valence-corrected chi connectivity index (χ2v) is 5.67. The summed E-state index contributed by atoms with van der Waals surface area (Å²) in [6.45, 7) is 0.476. The van der Waals surface area contributed by atoms with Crippen LogP contribution in [-0.4, -0.2) is 29.0 Å². The third-order valence-corrected chi connectivity index (χ3v) is 3.97. The van der Waals surface area contributed by atoms with Crippen LogP contribution < -0.4 is 10.6 Å². The summed E-state index contributed by atoms with van der Waals surface area (Å²) in [5.74, 6) is 2.88. The molecule has 0 aromatic carbocycles. The van der Waals surface area contributed by atoms with E-state index in [9.17, 15) is 9.59 Å². The molecule has 7 heteroatoms. The van der Waals surface area contributed by atoms with Crippen LogP contribution in [0.5, 0.6) is 0 Å². The number of fused-ring (bicyclic) bond motifs is 1. The number of amides is 2. The van der Waals surface area contributed by atoms with Gasteiger partial charge in [0.05, 0.1) is 5.56 Å². The normalized spacial score (nSPS) is 16.9. The van der Waals surface area contributed by atoms with Gasteiger partial charge in [0.1, 0.15) is 5.82 Å². The maximum atomic E-state index is 12.2. The van der Waals surface area contributed by atoms with Gasteiger partial charge in [-0.3, -0.25) is 9.59 Å². The van der Waals surface area contributed by atoms with Crippen LogP contribution in [0.2, 0.25) is 0 Å². The van der Waals surface area contributed by atoms with E-state index in [-0.39, 0.29) is 11.8 Å². The lowest BCUT2D eigenvalue weighted by Crippen LogP contribution is -2.29. The van der Waals surface area contributed by atoms with E-state index in [1.165, 1.54) is 6.20 Å². The minimum absolute atomic E-state index is 0.0450. The highest BCUT2D eigenvalue weighted by Crippen LogP contribution is 2.36. The van der Waals surface area contributed by atoms with Crippen molar-refractivity contribution in [1.82, 2.24) is 10.3 Å². The summed E-state index contributed by atoms with van der Waals surface area (Å²) in [6.07, 6.45) is 9.73. The molecule has 1 aromatic rings. The lowest BCUT2D eigenvalue weighted by Gasteiger charge is -2.16. The van der Waals surface area contributed by atoms with E-state index in [2.05, 4.69) is 31.8 Å². The number of nitrogens with one attached hydrogen (secondary N) is 2. The molecule has 2 amide bonds. The predicted molar refractivity (Wildman–Crippen MR) is 83.8 cm³/mol. The van der Waals surface area contributed by atoms with Crippen molar-refractivity contribution in [3.63, 3.8) is 0 Å². The third kappa shape index (κ3) is 3.54. The van der Waals surface area contributed by atoms with Crippen LogP contribution >= 0.6 is 0 Å². The van der Waals surface area contributed by atoms with Gasteiger partial charge in [0.2, 0.25) is 5.91 Å². The number of pyridine rings is 1. The van der Waals surface area contributed by atoms with E-state index in [0.29, 0.717) is 43.6 Å². The zero-order valence-corrected chi connectivity index (χ0v) is 12.6. The van der Waals surface area contributed by atoms with E-state index < -0.39 is 5.66 Å². The molecule has 0 radical (unpaired) electrons. The predicted octanol–water partition coefficient (Wildman–Crippen LogP) is 1.66. The molecule has 0 spiro atoms. The van der Waals surface area contributed by atoms with Crippen molar-refractivity contribution < 1.29 is 9.59 Å². The average molecular weight is 311 g/mol. The zero-order valence-electron chi connectivity index (χ0n) is 12.6. The first-order valence-corrected chi connectivity index (χ1v) is 7.56. The summed E-state index contributed by atoms with van der Waals surface area (Å²) in [5.41, 5.74) is 0.982. The first-order valence-electron chi connectivity index (χ1n) is 7.56. The van der Waals surface area contributed by atoms with Gasteiger partial charge in [-0.15, -0.1) is 12.3 Å². The second-order valence-electron chi connectivity index (χ2n) is 5.67. The van der Waals surface area contributed by atoms with E-state index in [1.807, 2.05) is 0 Å². The van der Waals surface area contributed by atoms with Gasteiger partial charge in [0.15, 0.2) is 5.66 Å². The molecule has 0 atom stereocenters. The summed E-state index contributed by atoms with van der Waals surface area (Å²) in [4.78, 5) is 27.6. The maximum absolute atomic E-state index is 12.2. The Kier molecular flexibility index (Phi) is 4.06. The number of carbonyl (C=O) groups is 2. The van der Waals surface area contributed by atoms with Gasteiger partial charge < -0.3 is 10.6 Å². The molecule has 2 aliphatic heterocycles. The van der Waals surface area contributed by atoms with E-state index in [4.69, 9.17) is 6.42 Å². The zero-order chi connectivity index (χ0) is 16.3. The first-order chi connectivity index (χ1) is 11.1. The Bertz CT molecular complexity index is 714. The van der Waals surface area contributed by atoms with Crippen molar-refractivity contribution in [3.8, 4) is 12.3 Å². The highest BCUT2D eigenvalue weighted by molar-refractivity contribution is 5.96. The molecule has 118 valence electrons. The number of anilines is 1. The Hall–Kier alpha value is -2.75. The SMILES string of the molecule is C#CCCC1(CCNC(=O)c2cnc3c(c2)CCC(=O)N3)N=N1. The number of aromatic nitrogens is 1. The molecular weight excluding hydrogens is 294 g/mol. The van der Waals surface area contributed by atoms with Crippen LogP contribution in [0.3, 0.4) is 0 Å². The smallest absolute Gasteiger partial charge is 0.252 e. The molecule has 2 N–H and O–H groups in total. The van der Waals surface area contributed by atoms with Gasteiger partial charge >= 0.3 is 0 Å². The van der Waals surface area contributed by atoms with Gasteiger partial charge in [0, 0.05) is 38.4 Å². The topological polar surface area (TPSA) is 95.8 Å². The van der Waals surface area contributed by atoms with Crippen LogP contribution in [-0.2, 0) is 11.2 Å². The van der Waals surface area contributed by atoms with Crippen molar-refractivity contribution in [2.75, 3.05) is 11.9 Å². The highest BCUT2D eigenvalue weighted by Gasteiger charge is 2.38. The van der Waals surface area contributed by atoms with Crippen LogP contribution in [0.4, 0.5) is 5.82 Å². The van der Waals surface area contributed by atoms with Crippen molar-refractivity contribution in [2.24, 2.45) is 10.2 Å². The average Bonchev–Trinajstić information content (AvgIpc) is 3.32. The fraction of sp³-hybridized carbons (Fsp3) is 0.438. The molecule has 3 heterocycles. The van der Waals surface area contributed by atoms with Crippen LogP contribution in [0, 0.1) is 12.3 Å². The lowest BCUT2D eigenvalue weighted by atomic mass is 10.0. The molecule has 23 heavy (non-hydrogen) atoms. The maximum Gasteiger partial charge on any atom is 0.252 e. The van der Waals surface area contributed by atoms with Crippen molar-refractivity contribution in [3.05, 3.63) is 23.4 Å². The summed E-state index contributed by atoms with van der Waals surface area (Å²) in [5, 5.41) is 13.6. The minimum Gasteiger partial charge on any atom is -0.352 e. The van der Waals surface area contributed by atoms with E-state index in [1.54, 1.807) is 6.07 Å². The number of carbonyl (C=O) groups excluding carboxylic acids is 2. The van der Waals surface area contributed by atoms with E-state index >= 15 is 0 Å². The number of nitrogens with zero attached hydrogens (tertiary/aromatic N) is 3. The van der Waals surface area contributed by atoms with Crippen molar-refractivity contribution in [1.29, 1.82) is 0 Å². The van der Waals surface area contributed by atoms with Gasteiger partial charge in [0.25, 0.3) is 5.91 Å². The molecule has 7 nitrogen and oxygen atoms in total. The van der Waals surface area contributed by atoms with Gasteiger partial charge in [-0.25, -0.2) is 4.98 Å². The van der Waals surface area contributed by atoms with Crippen LogP contribution in [0.25, 0.3) is 0 Å². The third-order valence-electron chi connectivity index (χ3n) is 3.97. The summed E-state index contributed by atoms with van der Waals surface area (Å²) in [6, 6.07) is 1.77. The monoisotopic (exact) mass is 311 g/mol. The van der Waals surface area contributed by atoms with Gasteiger partial charge in [-0.2, -0.15) is 10.2 Å². The van der Waals surface area contributed by atoms with Crippen LogP contribution in [0.1, 0.15) is 41.6 Å². The Balaban J connectivity index is 1.53. The standard InChI is InChI=1S/C16H17N5O2/c1-2-3-6-16(20-21-16)7-8-17-15(23)12-9-11-4-5-13(22)19-14(11)18-10-12/h1,9-10H,3-8H2,(H,17,23)(H,18,19,22). The molecule has 0 saturated heterocycles.